The topological polar surface area (TPSA) is 50.9 Å². The van der Waals surface area contributed by atoms with Gasteiger partial charge in [0.25, 0.3) is 0 Å². The van der Waals surface area contributed by atoms with E-state index in [0.717, 1.165) is 12.1 Å². The minimum atomic E-state index is -0.635. The number of aromatic nitrogens is 1. The summed E-state index contributed by atoms with van der Waals surface area (Å²) in [4.78, 5) is 3.49. The van der Waals surface area contributed by atoms with Crippen LogP contribution in [0.2, 0.25) is 5.02 Å². The van der Waals surface area contributed by atoms with Crippen molar-refractivity contribution in [2.45, 2.75) is 6.54 Å². The molecule has 0 aliphatic heterocycles. The van der Waals surface area contributed by atoms with Crippen LogP contribution in [-0.4, -0.2) is 18.1 Å². The first kappa shape index (κ1) is 10.4. The van der Waals surface area contributed by atoms with Gasteiger partial charge in [-0.1, -0.05) is 11.6 Å². The zero-order valence-electron chi connectivity index (χ0n) is 7.06. The van der Waals surface area contributed by atoms with Gasteiger partial charge < -0.3 is 11.1 Å². The van der Waals surface area contributed by atoms with Gasteiger partial charge in [0.05, 0.1) is 5.02 Å². The van der Waals surface area contributed by atoms with Crippen molar-refractivity contribution in [3.8, 4) is 0 Å². The third-order valence-corrected chi connectivity index (χ3v) is 1.77. The normalized spacial score (nSPS) is 10.4. The first-order valence-electron chi connectivity index (χ1n) is 3.94. The molecule has 0 spiro atoms. The molecule has 0 atom stereocenters. The molecule has 3 N–H and O–H groups in total. The molecule has 0 fully saturated rings. The fourth-order valence-corrected chi connectivity index (χ4v) is 1.08. The highest BCUT2D eigenvalue weighted by Crippen LogP contribution is 2.12. The van der Waals surface area contributed by atoms with Crippen molar-refractivity contribution in [2.75, 3.05) is 13.1 Å². The molecule has 13 heavy (non-hydrogen) atoms. The predicted octanol–water partition coefficient (Wildman–Crippen LogP) is 0.922. The maximum absolute atomic E-state index is 12.6. The summed E-state index contributed by atoms with van der Waals surface area (Å²) in [5, 5.41) is 3.10. The molecular weight excluding hydrogens is 193 g/mol. The Labute approximate surface area is 81.1 Å². The second-order valence-corrected chi connectivity index (χ2v) is 2.99. The van der Waals surface area contributed by atoms with Gasteiger partial charge >= 0.3 is 0 Å². The van der Waals surface area contributed by atoms with Crippen LogP contribution in [0.3, 0.4) is 0 Å². The zero-order valence-corrected chi connectivity index (χ0v) is 7.81. The molecule has 72 valence electrons. The third-order valence-electron chi connectivity index (χ3n) is 1.50. The van der Waals surface area contributed by atoms with Gasteiger partial charge in [-0.15, -0.1) is 0 Å². The molecule has 1 rings (SSSR count). The number of nitrogens with two attached hydrogens (primary N) is 1. The second-order valence-electron chi connectivity index (χ2n) is 2.58. The average molecular weight is 204 g/mol. The van der Waals surface area contributed by atoms with Crippen LogP contribution in [0.1, 0.15) is 5.56 Å². The third kappa shape index (κ3) is 3.26. The minimum Gasteiger partial charge on any atom is -0.329 e. The lowest BCUT2D eigenvalue weighted by atomic mass is 10.3. The lowest BCUT2D eigenvalue weighted by Crippen LogP contribution is -2.21. The van der Waals surface area contributed by atoms with Gasteiger partial charge in [0, 0.05) is 25.8 Å². The van der Waals surface area contributed by atoms with E-state index < -0.39 is 5.95 Å². The minimum absolute atomic E-state index is 0.0482. The van der Waals surface area contributed by atoms with E-state index in [1.165, 1.54) is 6.20 Å². The Morgan fingerprint density at radius 3 is 3.00 bits per heavy atom. The van der Waals surface area contributed by atoms with Crippen molar-refractivity contribution in [1.29, 1.82) is 0 Å². The Morgan fingerprint density at radius 1 is 1.62 bits per heavy atom. The van der Waals surface area contributed by atoms with Crippen LogP contribution in [0.4, 0.5) is 4.39 Å². The van der Waals surface area contributed by atoms with E-state index in [1.54, 1.807) is 6.07 Å². The van der Waals surface area contributed by atoms with E-state index in [1.807, 2.05) is 0 Å². The monoisotopic (exact) mass is 203 g/mol. The number of nitrogens with one attached hydrogen (secondary N) is 1. The highest BCUT2D eigenvalue weighted by atomic mass is 35.5. The Hall–Kier alpha value is -0.710. The molecule has 1 aromatic rings. The van der Waals surface area contributed by atoms with E-state index in [9.17, 15) is 4.39 Å². The van der Waals surface area contributed by atoms with Crippen LogP contribution in [0.5, 0.6) is 0 Å². The van der Waals surface area contributed by atoms with E-state index in [2.05, 4.69) is 10.3 Å². The number of pyridine rings is 1. The summed E-state index contributed by atoms with van der Waals surface area (Å²) in [6, 6.07) is 1.55. The smallest absolute Gasteiger partial charge is 0.231 e. The van der Waals surface area contributed by atoms with Gasteiger partial charge in [-0.05, 0) is 11.6 Å². The van der Waals surface area contributed by atoms with E-state index in [0.29, 0.717) is 13.1 Å². The van der Waals surface area contributed by atoms with Crippen LogP contribution in [0.25, 0.3) is 0 Å². The molecule has 0 radical (unpaired) electrons. The van der Waals surface area contributed by atoms with Gasteiger partial charge in [0.15, 0.2) is 0 Å². The molecule has 0 aromatic carbocycles. The summed E-state index contributed by atoms with van der Waals surface area (Å²) in [6.45, 7) is 1.89. The summed E-state index contributed by atoms with van der Waals surface area (Å²) in [5.41, 5.74) is 6.13. The summed E-state index contributed by atoms with van der Waals surface area (Å²) in [7, 11) is 0. The molecular formula is C8H11ClFN3. The van der Waals surface area contributed by atoms with Crippen LogP contribution < -0.4 is 11.1 Å². The molecule has 0 bridgehead atoms. The van der Waals surface area contributed by atoms with Gasteiger partial charge in [-0.3, -0.25) is 0 Å². The van der Waals surface area contributed by atoms with Gasteiger partial charge in [-0.25, -0.2) is 4.98 Å². The molecule has 0 aliphatic rings. The predicted molar refractivity (Wildman–Crippen MR) is 50.0 cm³/mol. The molecule has 0 saturated heterocycles. The van der Waals surface area contributed by atoms with Crippen molar-refractivity contribution in [2.24, 2.45) is 5.73 Å². The fourth-order valence-electron chi connectivity index (χ4n) is 0.892. The van der Waals surface area contributed by atoms with Crippen LogP contribution in [0, 0.1) is 5.95 Å². The Balaban J connectivity index is 2.53. The zero-order chi connectivity index (χ0) is 9.68. The van der Waals surface area contributed by atoms with Gasteiger partial charge in [0.1, 0.15) is 0 Å². The lowest BCUT2D eigenvalue weighted by molar-refractivity contribution is 0.581. The Kier molecular flexibility index (Phi) is 4.08. The van der Waals surface area contributed by atoms with Gasteiger partial charge in [-0.2, -0.15) is 4.39 Å². The van der Waals surface area contributed by atoms with Crippen LogP contribution >= 0.6 is 11.6 Å². The number of hydrogen-bond donors (Lipinski definition) is 2. The van der Waals surface area contributed by atoms with Crippen molar-refractivity contribution in [3.05, 3.63) is 28.8 Å². The Morgan fingerprint density at radius 2 is 2.38 bits per heavy atom. The summed E-state index contributed by atoms with van der Waals surface area (Å²) >= 11 is 5.54. The maximum Gasteiger partial charge on any atom is 0.231 e. The second kappa shape index (κ2) is 5.11. The first-order chi connectivity index (χ1) is 6.24. The molecule has 0 amide bonds. The number of rotatable bonds is 4. The van der Waals surface area contributed by atoms with Crippen LogP contribution in [-0.2, 0) is 6.54 Å². The highest BCUT2D eigenvalue weighted by molar-refractivity contribution is 6.30. The van der Waals surface area contributed by atoms with E-state index in [-0.39, 0.29) is 5.02 Å². The lowest BCUT2D eigenvalue weighted by Gasteiger charge is -2.02. The maximum atomic E-state index is 12.6. The van der Waals surface area contributed by atoms with E-state index >= 15 is 0 Å². The molecule has 1 heterocycles. The number of halogens is 2. The summed E-state index contributed by atoms with van der Waals surface area (Å²) in [6.07, 6.45) is 1.45. The molecule has 1 aromatic heterocycles. The Bertz CT molecular complexity index is 280. The molecule has 5 heteroatoms. The van der Waals surface area contributed by atoms with Crippen molar-refractivity contribution in [1.82, 2.24) is 10.3 Å². The largest absolute Gasteiger partial charge is 0.329 e. The van der Waals surface area contributed by atoms with E-state index in [4.69, 9.17) is 17.3 Å². The van der Waals surface area contributed by atoms with Crippen LogP contribution in [0.15, 0.2) is 12.3 Å². The average Bonchev–Trinajstić information content (AvgIpc) is 2.12. The fraction of sp³-hybridized carbons (Fsp3) is 0.375. The van der Waals surface area contributed by atoms with Crippen molar-refractivity contribution < 1.29 is 4.39 Å². The number of hydrogen-bond acceptors (Lipinski definition) is 3. The molecule has 0 saturated carbocycles. The standard InChI is InChI=1S/C8H11ClFN3/c9-7-3-6(4-12-2-1-11)5-13-8(7)10/h3,5,12H,1-2,4,11H2. The molecule has 0 aliphatic carbocycles. The molecule has 0 unspecified atom stereocenters. The van der Waals surface area contributed by atoms with Crippen molar-refractivity contribution in [3.63, 3.8) is 0 Å². The SMILES string of the molecule is NCCNCc1cnc(F)c(Cl)c1. The first-order valence-corrected chi connectivity index (χ1v) is 4.32. The van der Waals surface area contributed by atoms with Crippen molar-refractivity contribution >= 4 is 11.6 Å². The quantitative estimate of drug-likeness (QED) is 0.565. The summed E-state index contributed by atoms with van der Waals surface area (Å²) in [5.74, 6) is -0.635. The molecule has 3 nitrogen and oxygen atoms in total. The highest BCUT2D eigenvalue weighted by Gasteiger charge is 2.01. The van der Waals surface area contributed by atoms with Gasteiger partial charge in [0.2, 0.25) is 5.95 Å². The summed E-state index contributed by atoms with van der Waals surface area (Å²) < 4.78 is 12.6. The number of nitrogens with zero attached hydrogens (tertiary/aromatic N) is 1.